The number of halogens is 1. The number of hydrogen-bond donors (Lipinski definition) is 2. The molecule has 21 heavy (non-hydrogen) atoms. The van der Waals surface area contributed by atoms with Crippen molar-refractivity contribution in [2.24, 2.45) is 10.9 Å². The summed E-state index contributed by atoms with van der Waals surface area (Å²) in [6, 6.07) is 10.8. The zero-order valence-corrected chi connectivity index (χ0v) is 12.1. The van der Waals surface area contributed by atoms with Gasteiger partial charge in [0.25, 0.3) is 0 Å². The molecule has 0 aromatic heterocycles. The molecule has 0 unspecified atom stereocenters. The van der Waals surface area contributed by atoms with E-state index in [1.165, 1.54) is 12.1 Å². The van der Waals surface area contributed by atoms with Gasteiger partial charge in [-0.2, -0.15) is 0 Å². The minimum absolute atomic E-state index is 0.0564. The van der Waals surface area contributed by atoms with Gasteiger partial charge in [-0.3, -0.25) is 10.1 Å². The van der Waals surface area contributed by atoms with Gasteiger partial charge in [0.2, 0.25) is 5.75 Å². The molecule has 2 rings (SSSR count). The molecule has 108 valence electrons. The van der Waals surface area contributed by atoms with Gasteiger partial charge in [0.05, 0.1) is 4.92 Å². The smallest absolute Gasteiger partial charge is 0.311 e. The molecule has 0 radical (unpaired) electrons. The number of nitrogens with zero attached hydrogens (tertiary/aromatic N) is 2. The molecule has 0 fully saturated rings. The molecule has 3 N–H and O–H groups in total. The van der Waals surface area contributed by atoms with Crippen LogP contribution in [0.3, 0.4) is 0 Å². The maximum atomic E-state index is 10.9. The van der Waals surface area contributed by atoms with Gasteiger partial charge in [0.1, 0.15) is 5.75 Å². The second kappa shape index (κ2) is 6.23. The van der Waals surface area contributed by atoms with Crippen LogP contribution >= 0.6 is 15.9 Å². The highest BCUT2D eigenvalue weighted by Crippen LogP contribution is 2.32. The molecule has 0 spiro atoms. The Morgan fingerprint density at radius 2 is 2.05 bits per heavy atom. The number of nitrogens with two attached hydrogens (primary N) is 1. The Labute approximate surface area is 127 Å². The Kier molecular flexibility index (Phi) is 4.39. The molecule has 2 aromatic rings. The van der Waals surface area contributed by atoms with Crippen molar-refractivity contribution in [1.82, 2.24) is 0 Å². The molecular weight excluding hydrogens is 342 g/mol. The Morgan fingerprint density at radius 3 is 2.67 bits per heavy atom. The first kappa shape index (κ1) is 14.8. The van der Waals surface area contributed by atoms with Gasteiger partial charge in [-0.1, -0.05) is 17.3 Å². The molecule has 0 bridgehead atoms. The third kappa shape index (κ3) is 3.29. The van der Waals surface area contributed by atoms with Crippen molar-refractivity contribution in [1.29, 1.82) is 0 Å². The van der Waals surface area contributed by atoms with E-state index in [0.29, 0.717) is 15.8 Å². The van der Waals surface area contributed by atoms with E-state index in [1.54, 1.807) is 30.3 Å². The van der Waals surface area contributed by atoms with Crippen molar-refractivity contribution in [3.05, 3.63) is 62.6 Å². The van der Waals surface area contributed by atoms with Gasteiger partial charge in [0, 0.05) is 16.1 Å². The summed E-state index contributed by atoms with van der Waals surface area (Å²) in [5.41, 5.74) is 5.85. The summed E-state index contributed by atoms with van der Waals surface area (Å²) < 4.78 is 6.04. The van der Waals surface area contributed by atoms with Gasteiger partial charge in [-0.25, -0.2) is 0 Å². The lowest BCUT2D eigenvalue weighted by Crippen LogP contribution is -2.13. The van der Waals surface area contributed by atoms with Crippen molar-refractivity contribution < 1.29 is 14.9 Å². The van der Waals surface area contributed by atoms with Crippen molar-refractivity contribution in [2.75, 3.05) is 0 Å². The zero-order chi connectivity index (χ0) is 15.4. The van der Waals surface area contributed by atoms with Crippen LogP contribution in [0.15, 0.2) is 52.1 Å². The van der Waals surface area contributed by atoms with Gasteiger partial charge in [0.15, 0.2) is 5.84 Å². The van der Waals surface area contributed by atoms with Crippen LogP contribution in [0.25, 0.3) is 0 Å². The first-order valence-corrected chi connectivity index (χ1v) is 6.51. The van der Waals surface area contributed by atoms with Gasteiger partial charge in [-0.15, -0.1) is 0 Å². The van der Waals surface area contributed by atoms with Crippen LogP contribution in [0.2, 0.25) is 0 Å². The van der Waals surface area contributed by atoms with E-state index in [9.17, 15) is 10.1 Å². The Hall–Kier alpha value is -2.61. The zero-order valence-electron chi connectivity index (χ0n) is 10.6. The highest BCUT2D eigenvalue weighted by atomic mass is 79.9. The largest absolute Gasteiger partial charge is 0.450 e. The van der Waals surface area contributed by atoms with Crippen molar-refractivity contribution in [3.8, 4) is 11.5 Å². The van der Waals surface area contributed by atoms with Gasteiger partial charge < -0.3 is 15.7 Å². The summed E-state index contributed by atoms with van der Waals surface area (Å²) in [5.74, 6) is 0.454. The Morgan fingerprint density at radius 1 is 1.33 bits per heavy atom. The molecule has 0 aliphatic carbocycles. The quantitative estimate of drug-likeness (QED) is 0.288. The van der Waals surface area contributed by atoms with Crippen LogP contribution in [0.4, 0.5) is 5.69 Å². The van der Waals surface area contributed by atoms with E-state index in [-0.39, 0.29) is 17.3 Å². The van der Waals surface area contributed by atoms with E-state index in [0.717, 1.165) is 0 Å². The number of oxime groups is 1. The number of ether oxygens (including phenoxy) is 1. The molecule has 0 saturated carbocycles. The van der Waals surface area contributed by atoms with E-state index in [1.807, 2.05) is 0 Å². The molecule has 7 nitrogen and oxygen atoms in total. The maximum Gasteiger partial charge on any atom is 0.311 e. The lowest BCUT2D eigenvalue weighted by Gasteiger charge is -2.08. The van der Waals surface area contributed by atoms with Crippen LogP contribution in [0.5, 0.6) is 11.5 Å². The fourth-order valence-corrected chi connectivity index (χ4v) is 2.20. The van der Waals surface area contributed by atoms with Crippen LogP contribution in [0, 0.1) is 10.1 Å². The maximum absolute atomic E-state index is 10.9. The highest BCUT2D eigenvalue weighted by molar-refractivity contribution is 9.10. The molecule has 0 heterocycles. The van der Waals surface area contributed by atoms with Crippen molar-refractivity contribution in [3.63, 3.8) is 0 Å². The number of amidine groups is 1. The van der Waals surface area contributed by atoms with Crippen molar-refractivity contribution in [2.45, 2.75) is 0 Å². The number of rotatable bonds is 4. The van der Waals surface area contributed by atoms with Gasteiger partial charge in [-0.05, 0) is 40.2 Å². The molecule has 0 aliphatic heterocycles. The van der Waals surface area contributed by atoms with E-state index in [2.05, 4.69) is 21.1 Å². The lowest BCUT2D eigenvalue weighted by atomic mass is 10.2. The van der Waals surface area contributed by atoms with Crippen molar-refractivity contribution >= 4 is 27.5 Å². The molecule has 2 aromatic carbocycles. The second-order valence-electron chi connectivity index (χ2n) is 3.95. The summed E-state index contributed by atoms with van der Waals surface area (Å²) in [6.07, 6.45) is 0. The summed E-state index contributed by atoms with van der Waals surface area (Å²) in [4.78, 5) is 10.4. The molecule has 0 amide bonds. The number of hydrogen-bond acceptors (Lipinski definition) is 5. The Bertz CT molecular complexity index is 718. The fraction of sp³-hybridized carbons (Fsp3) is 0. The Balaban J connectivity index is 2.33. The first-order chi connectivity index (χ1) is 10.0. The van der Waals surface area contributed by atoms with Crippen LogP contribution in [-0.2, 0) is 0 Å². The molecule has 0 saturated heterocycles. The monoisotopic (exact) mass is 351 g/mol. The fourth-order valence-electron chi connectivity index (χ4n) is 1.64. The molecule has 8 heteroatoms. The topological polar surface area (TPSA) is 111 Å². The normalized spacial score (nSPS) is 11.2. The number of benzene rings is 2. The minimum atomic E-state index is -0.519. The third-order valence-electron chi connectivity index (χ3n) is 2.61. The minimum Gasteiger partial charge on any atom is -0.450 e. The summed E-state index contributed by atoms with van der Waals surface area (Å²) >= 11 is 3.26. The van der Waals surface area contributed by atoms with E-state index in [4.69, 9.17) is 15.7 Å². The van der Waals surface area contributed by atoms with Crippen LogP contribution < -0.4 is 10.5 Å². The second-order valence-corrected chi connectivity index (χ2v) is 4.81. The van der Waals surface area contributed by atoms with E-state index < -0.39 is 4.92 Å². The lowest BCUT2D eigenvalue weighted by molar-refractivity contribution is -0.385. The summed E-state index contributed by atoms with van der Waals surface area (Å²) in [7, 11) is 0. The van der Waals surface area contributed by atoms with Crippen LogP contribution in [-0.4, -0.2) is 16.0 Å². The third-order valence-corrected chi connectivity index (χ3v) is 3.27. The predicted molar refractivity (Wildman–Crippen MR) is 79.8 cm³/mol. The molecular formula is C13H10BrN3O4. The highest BCUT2D eigenvalue weighted by Gasteiger charge is 2.15. The average Bonchev–Trinajstić information content (AvgIpc) is 2.47. The number of nitro benzene ring substituents is 1. The summed E-state index contributed by atoms with van der Waals surface area (Å²) in [5, 5.41) is 22.5. The number of para-hydroxylation sites is 2. The van der Waals surface area contributed by atoms with E-state index >= 15 is 0 Å². The average molecular weight is 352 g/mol. The predicted octanol–water partition coefficient (Wildman–Crippen LogP) is 3.24. The van der Waals surface area contributed by atoms with Crippen LogP contribution in [0.1, 0.15) is 5.56 Å². The molecule has 0 atom stereocenters. The SMILES string of the molecule is N/C(=N/O)c1ccc(Oc2ccccc2[N+](=O)[O-])cc1Br. The molecule has 0 aliphatic rings. The first-order valence-electron chi connectivity index (χ1n) is 5.71. The van der Waals surface area contributed by atoms with Gasteiger partial charge >= 0.3 is 5.69 Å². The number of nitro groups is 1. The summed E-state index contributed by atoms with van der Waals surface area (Å²) in [6.45, 7) is 0. The standard InChI is InChI=1S/C13H10BrN3O4/c14-10-7-8(5-6-9(10)13(15)16-18)21-12-4-2-1-3-11(12)17(19)20/h1-7,18H,(H2,15,16).